The molecular formula is C18H16N8O3S. The first-order chi connectivity index (χ1) is 14.5. The van der Waals surface area contributed by atoms with E-state index in [1.165, 1.54) is 11.0 Å². The molecular weight excluding hydrogens is 408 g/mol. The van der Waals surface area contributed by atoms with E-state index < -0.39 is 5.91 Å². The Labute approximate surface area is 174 Å². The van der Waals surface area contributed by atoms with E-state index in [-0.39, 0.29) is 30.1 Å². The molecule has 11 nitrogen and oxygen atoms in total. The normalized spacial score (nSPS) is 15.2. The lowest BCUT2D eigenvalue weighted by Crippen LogP contribution is -2.37. The Morgan fingerprint density at radius 3 is 2.80 bits per heavy atom. The number of rotatable bonds is 6. The van der Waals surface area contributed by atoms with Gasteiger partial charge in [0.2, 0.25) is 11.8 Å². The zero-order valence-electron chi connectivity index (χ0n) is 15.8. The van der Waals surface area contributed by atoms with Gasteiger partial charge < -0.3 is 5.32 Å². The third-order valence-corrected chi connectivity index (χ3v) is 5.07. The molecule has 2 N–H and O–H groups in total. The highest BCUT2D eigenvalue weighted by Crippen LogP contribution is 2.31. The minimum absolute atomic E-state index is 0.0460. The summed E-state index contributed by atoms with van der Waals surface area (Å²) in [6.07, 6.45) is 2.99. The van der Waals surface area contributed by atoms with E-state index in [0.717, 1.165) is 22.2 Å². The molecule has 1 saturated heterocycles. The Hall–Kier alpha value is -3.80. The molecule has 1 aromatic carbocycles. The zero-order valence-corrected chi connectivity index (χ0v) is 16.6. The van der Waals surface area contributed by atoms with Gasteiger partial charge in [0.15, 0.2) is 0 Å². The summed E-state index contributed by atoms with van der Waals surface area (Å²) in [5, 5.41) is 12.7. The minimum Gasteiger partial charge on any atom is -0.347 e. The number of hydrogen-bond acceptors (Lipinski definition) is 8. The van der Waals surface area contributed by atoms with Gasteiger partial charge in [-0.2, -0.15) is 14.8 Å². The first kappa shape index (κ1) is 19.5. The van der Waals surface area contributed by atoms with Gasteiger partial charge in [0.1, 0.15) is 12.2 Å². The molecule has 152 valence electrons. The van der Waals surface area contributed by atoms with Crippen molar-refractivity contribution < 1.29 is 14.4 Å². The molecule has 1 aliphatic rings. The lowest BCUT2D eigenvalue weighted by Gasteiger charge is -2.12. The number of hydrogen-bond donors (Lipinski definition) is 2. The fourth-order valence-electron chi connectivity index (χ4n) is 2.74. The second-order valence-electron chi connectivity index (χ2n) is 6.20. The van der Waals surface area contributed by atoms with Gasteiger partial charge in [-0.25, -0.2) is 10.1 Å². The Bertz CT molecular complexity index is 1120. The summed E-state index contributed by atoms with van der Waals surface area (Å²) in [4.78, 5) is 46.5. The highest BCUT2D eigenvalue weighted by Gasteiger charge is 2.34. The number of aromatic amines is 1. The summed E-state index contributed by atoms with van der Waals surface area (Å²) in [6, 6.07) is 9.27. The van der Waals surface area contributed by atoms with Crippen molar-refractivity contribution in [3.8, 4) is 5.95 Å². The monoisotopic (exact) mass is 424 g/mol. The van der Waals surface area contributed by atoms with Crippen LogP contribution in [-0.4, -0.2) is 65.0 Å². The van der Waals surface area contributed by atoms with Gasteiger partial charge in [0, 0.05) is 13.1 Å². The molecule has 0 atom stereocenters. The largest absolute Gasteiger partial charge is 0.347 e. The van der Waals surface area contributed by atoms with Gasteiger partial charge in [0.05, 0.1) is 4.91 Å². The minimum atomic E-state index is -0.525. The average Bonchev–Trinajstić information content (AvgIpc) is 3.45. The second kappa shape index (κ2) is 8.29. The van der Waals surface area contributed by atoms with Gasteiger partial charge in [-0.3, -0.25) is 19.3 Å². The van der Waals surface area contributed by atoms with E-state index in [4.69, 9.17) is 0 Å². The van der Waals surface area contributed by atoms with Crippen molar-refractivity contribution in [1.82, 2.24) is 40.2 Å². The van der Waals surface area contributed by atoms with Crippen LogP contribution in [0.5, 0.6) is 0 Å². The summed E-state index contributed by atoms with van der Waals surface area (Å²) in [7, 11) is 0. The highest BCUT2D eigenvalue weighted by molar-refractivity contribution is 8.18. The number of carbonyl (C=O) groups is 3. The van der Waals surface area contributed by atoms with E-state index in [0.29, 0.717) is 16.7 Å². The smallest absolute Gasteiger partial charge is 0.293 e. The number of benzene rings is 1. The van der Waals surface area contributed by atoms with Crippen LogP contribution in [0.3, 0.4) is 0 Å². The van der Waals surface area contributed by atoms with Crippen LogP contribution in [-0.2, 0) is 4.79 Å². The topological polar surface area (TPSA) is 139 Å². The first-order valence-corrected chi connectivity index (χ1v) is 9.72. The fourth-order valence-corrected chi connectivity index (χ4v) is 3.61. The maximum absolute atomic E-state index is 12.5. The second-order valence-corrected chi connectivity index (χ2v) is 7.20. The number of imide groups is 1. The van der Waals surface area contributed by atoms with Crippen LogP contribution in [0.4, 0.5) is 4.79 Å². The van der Waals surface area contributed by atoms with Gasteiger partial charge in [-0.15, -0.1) is 5.10 Å². The lowest BCUT2D eigenvalue weighted by molar-refractivity contribution is -0.122. The zero-order chi connectivity index (χ0) is 21.1. The van der Waals surface area contributed by atoms with Crippen LogP contribution in [0.1, 0.15) is 22.0 Å². The lowest BCUT2D eigenvalue weighted by atomic mass is 10.2. The molecule has 4 rings (SSSR count). The van der Waals surface area contributed by atoms with E-state index in [1.54, 1.807) is 13.0 Å². The number of thioether (sulfide) groups is 1. The van der Waals surface area contributed by atoms with E-state index in [1.807, 2.05) is 30.3 Å². The predicted octanol–water partition coefficient (Wildman–Crippen LogP) is 1.16. The molecule has 30 heavy (non-hydrogen) atoms. The number of aromatic nitrogens is 6. The quantitative estimate of drug-likeness (QED) is 0.562. The molecule has 1 fully saturated rings. The number of amides is 3. The SMILES string of the molecule is Cc1nc(C(=O)NCCN2C(=O)S/C(=C\c3ccccc3)C2=O)nn1-c1ncn[nH]1. The van der Waals surface area contributed by atoms with Gasteiger partial charge in [-0.05, 0) is 30.3 Å². The van der Waals surface area contributed by atoms with Gasteiger partial charge >= 0.3 is 0 Å². The van der Waals surface area contributed by atoms with Crippen LogP contribution in [0.15, 0.2) is 41.6 Å². The van der Waals surface area contributed by atoms with Crippen molar-refractivity contribution >= 4 is 34.9 Å². The van der Waals surface area contributed by atoms with Crippen molar-refractivity contribution in [3.05, 3.63) is 58.8 Å². The van der Waals surface area contributed by atoms with Crippen LogP contribution in [0.25, 0.3) is 12.0 Å². The Morgan fingerprint density at radius 2 is 2.07 bits per heavy atom. The van der Waals surface area contributed by atoms with Crippen LogP contribution < -0.4 is 5.32 Å². The van der Waals surface area contributed by atoms with E-state index in [9.17, 15) is 14.4 Å². The van der Waals surface area contributed by atoms with Crippen molar-refractivity contribution in [3.63, 3.8) is 0 Å². The summed E-state index contributed by atoms with van der Waals surface area (Å²) in [5.41, 5.74) is 0.833. The molecule has 0 radical (unpaired) electrons. The highest BCUT2D eigenvalue weighted by atomic mass is 32.2. The van der Waals surface area contributed by atoms with Crippen LogP contribution >= 0.6 is 11.8 Å². The van der Waals surface area contributed by atoms with Crippen LogP contribution in [0, 0.1) is 6.92 Å². The summed E-state index contributed by atoms with van der Waals surface area (Å²) in [5.74, 6) is -0.173. The molecule has 0 unspecified atom stereocenters. The van der Waals surface area contributed by atoms with Gasteiger partial charge in [-0.1, -0.05) is 30.3 Å². The average molecular weight is 424 g/mol. The van der Waals surface area contributed by atoms with E-state index >= 15 is 0 Å². The summed E-state index contributed by atoms with van der Waals surface area (Å²) in [6.45, 7) is 1.79. The fraction of sp³-hybridized carbons (Fsp3) is 0.167. The first-order valence-electron chi connectivity index (χ1n) is 8.91. The van der Waals surface area contributed by atoms with Crippen molar-refractivity contribution in [1.29, 1.82) is 0 Å². The molecule has 3 heterocycles. The molecule has 0 saturated carbocycles. The molecule has 1 aliphatic heterocycles. The molecule has 0 spiro atoms. The van der Waals surface area contributed by atoms with E-state index in [2.05, 4.69) is 30.6 Å². The van der Waals surface area contributed by atoms with Crippen molar-refractivity contribution in [2.24, 2.45) is 0 Å². The predicted molar refractivity (Wildman–Crippen MR) is 107 cm³/mol. The third-order valence-electron chi connectivity index (χ3n) is 4.17. The number of H-pyrrole nitrogens is 1. The van der Waals surface area contributed by atoms with Crippen molar-refractivity contribution in [2.75, 3.05) is 13.1 Å². The number of nitrogens with one attached hydrogen (secondary N) is 2. The maximum atomic E-state index is 12.5. The van der Waals surface area contributed by atoms with Crippen LogP contribution in [0.2, 0.25) is 0 Å². The standard InChI is InChI=1S/C18H16N8O3S/c1-11-22-14(24-26(11)17-20-10-21-23-17)15(27)19-7-8-25-16(28)13(30-18(25)29)9-12-5-3-2-4-6-12/h2-6,9-10H,7-8H2,1H3,(H,19,27)(H,20,21,23)/b13-9-. The molecule has 0 aliphatic carbocycles. The molecule has 3 amide bonds. The summed E-state index contributed by atoms with van der Waals surface area (Å²) >= 11 is 0.877. The summed E-state index contributed by atoms with van der Waals surface area (Å²) < 4.78 is 1.35. The van der Waals surface area contributed by atoms with Crippen molar-refractivity contribution in [2.45, 2.75) is 6.92 Å². The third kappa shape index (κ3) is 3.98. The number of carbonyl (C=O) groups excluding carboxylic acids is 3. The molecule has 3 aromatic rings. The Morgan fingerprint density at radius 1 is 1.27 bits per heavy atom. The molecule has 12 heteroatoms. The Balaban J connectivity index is 1.36. The number of aryl methyl sites for hydroxylation is 1. The van der Waals surface area contributed by atoms with Gasteiger partial charge in [0.25, 0.3) is 17.1 Å². The Kier molecular flexibility index (Phi) is 5.39. The maximum Gasteiger partial charge on any atom is 0.293 e. The number of nitrogens with zero attached hydrogens (tertiary/aromatic N) is 6. The molecule has 0 bridgehead atoms. The molecule has 2 aromatic heterocycles.